The maximum absolute atomic E-state index is 12.0. The molecule has 0 aromatic heterocycles. The normalized spacial score (nSPS) is 14.8. The number of urea groups is 1. The van der Waals surface area contributed by atoms with Gasteiger partial charge in [0.2, 0.25) is 0 Å². The van der Waals surface area contributed by atoms with Crippen LogP contribution in [0.5, 0.6) is 0 Å². The maximum atomic E-state index is 12.0. The minimum absolute atomic E-state index is 0.126. The zero-order valence-corrected chi connectivity index (χ0v) is 10.5. The van der Waals surface area contributed by atoms with Crippen LogP contribution in [0.1, 0.15) is 26.7 Å². The van der Waals surface area contributed by atoms with Crippen LogP contribution in [-0.2, 0) is 4.79 Å². The van der Waals surface area contributed by atoms with E-state index >= 15 is 0 Å². The molecule has 0 bridgehead atoms. The molecule has 1 unspecified atom stereocenters. The van der Waals surface area contributed by atoms with E-state index in [0.717, 1.165) is 4.90 Å². The Kier molecular flexibility index (Phi) is 5.44. The third-order valence-corrected chi connectivity index (χ3v) is 2.64. The van der Waals surface area contributed by atoms with E-state index < -0.39 is 36.7 Å². The Morgan fingerprint density at radius 2 is 1.83 bits per heavy atom. The van der Waals surface area contributed by atoms with E-state index in [2.05, 4.69) is 5.32 Å². The lowest BCUT2D eigenvalue weighted by Crippen LogP contribution is -2.55. The first-order valence-corrected chi connectivity index (χ1v) is 5.35. The Bertz CT molecular complexity index is 320. The number of hydrogen-bond donors (Lipinski definition) is 2. The minimum atomic E-state index is -4.35. The lowest BCUT2D eigenvalue weighted by molar-refractivity contribution is -0.144. The third kappa shape index (κ3) is 5.24. The molecule has 0 saturated heterocycles. The monoisotopic (exact) mass is 270 g/mol. The van der Waals surface area contributed by atoms with Crippen LogP contribution in [0, 0.1) is 0 Å². The lowest BCUT2D eigenvalue weighted by Gasteiger charge is -2.28. The van der Waals surface area contributed by atoms with Gasteiger partial charge in [0.15, 0.2) is 0 Å². The van der Waals surface area contributed by atoms with Gasteiger partial charge >= 0.3 is 18.2 Å². The summed E-state index contributed by atoms with van der Waals surface area (Å²) in [4.78, 5) is 23.2. The molecule has 0 aliphatic carbocycles. The number of aliphatic carboxylic acids is 1. The second-order valence-corrected chi connectivity index (χ2v) is 4.21. The first-order chi connectivity index (χ1) is 8.02. The molecule has 0 rings (SSSR count). The van der Waals surface area contributed by atoms with Crippen LogP contribution < -0.4 is 5.32 Å². The predicted molar refractivity (Wildman–Crippen MR) is 58.2 cm³/mol. The summed E-state index contributed by atoms with van der Waals surface area (Å²) in [5.41, 5.74) is -1.48. The van der Waals surface area contributed by atoms with Gasteiger partial charge in [0.25, 0.3) is 0 Å². The minimum Gasteiger partial charge on any atom is -0.480 e. The van der Waals surface area contributed by atoms with Gasteiger partial charge < -0.3 is 15.3 Å². The average Bonchev–Trinajstić information content (AvgIpc) is 2.24. The Morgan fingerprint density at radius 3 is 2.17 bits per heavy atom. The first kappa shape index (κ1) is 16.5. The molecule has 0 aliphatic heterocycles. The zero-order valence-electron chi connectivity index (χ0n) is 10.5. The number of nitrogens with zero attached hydrogens (tertiary/aromatic N) is 1. The van der Waals surface area contributed by atoms with Crippen molar-refractivity contribution in [2.75, 3.05) is 13.6 Å². The first-order valence-electron chi connectivity index (χ1n) is 5.35. The Labute approximate surface area is 103 Å². The molecule has 18 heavy (non-hydrogen) atoms. The van der Waals surface area contributed by atoms with Crippen molar-refractivity contribution in [1.82, 2.24) is 10.2 Å². The zero-order chi connectivity index (χ0) is 14.6. The summed E-state index contributed by atoms with van der Waals surface area (Å²) in [5.74, 6) is -1.23. The van der Waals surface area contributed by atoms with E-state index in [-0.39, 0.29) is 6.42 Å². The molecule has 0 saturated carbocycles. The molecule has 1 atom stereocenters. The highest BCUT2D eigenvalue weighted by Gasteiger charge is 2.34. The predicted octanol–water partition coefficient (Wildman–Crippen LogP) is 1.83. The SMILES string of the molecule is CCC(C)(NC(=O)N(C)CCC(F)(F)F)C(=O)O. The quantitative estimate of drug-likeness (QED) is 0.800. The van der Waals surface area contributed by atoms with Crippen LogP contribution in [0.3, 0.4) is 0 Å². The Morgan fingerprint density at radius 1 is 1.33 bits per heavy atom. The van der Waals surface area contributed by atoms with Gasteiger partial charge in [-0.1, -0.05) is 6.92 Å². The van der Waals surface area contributed by atoms with Gasteiger partial charge in [-0.05, 0) is 13.3 Å². The van der Waals surface area contributed by atoms with Crippen molar-refractivity contribution < 1.29 is 27.9 Å². The molecule has 8 heteroatoms. The highest BCUT2D eigenvalue weighted by molar-refractivity contribution is 5.85. The van der Waals surface area contributed by atoms with Crippen LogP contribution >= 0.6 is 0 Å². The Hall–Kier alpha value is -1.47. The van der Waals surface area contributed by atoms with Gasteiger partial charge in [0, 0.05) is 13.6 Å². The van der Waals surface area contributed by atoms with Crippen molar-refractivity contribution in [3.05, 3.63) is 0 Å². The topological polar surface area (TPSA) is 69.6 Å². The smallest absolute Gasteiger partial charge is 0.390 e. The molecule has 0 spiro atoms. The molecule has 0 aromatic carbocycles. The van der Waals surface area contributed by atoms with Gasteiger partial charge in [-0.2, -0.15) is 13.2 Å². The second kappa shape index (κ2) is 5.92. The number of rotatable bonds is 5. The number of carbonyl (C=O) groups is 2. The van der Waals surface area contributed by atoms with E-state index in [4.69, 9.17) is 5.11 Å². The summed E-state index contributed by atoms with van der Waals surface area (Å²) < 4.78 is 35.9. The molecule has 2 amide bonds. The van der Waals surface area contributed by atoms with Crippen molar-refractivity contribution >= 4 is 12.0 Å². The molecule has 106 valence electrons. The third-order valence-electron chi connectivity index (χ3n) is 2.64. The fourth-order valence-corrected chi connectivity index (χ4v) is 1.02. The summed E-state index contributed by atoms with van der Waals surface area (Å²) in [6.45, 7) is 2.34. The van der Waals surface area contributed by atoms with E-state index in [9.17, 15) is 22.8 Å². The molecule has 0 heterocycles. The van der Waals surface area contributed by atoms with Crippen LogP contribution in [-0.4, -0.2) is 47.3 Å². The summed E-state index contributed by atoms with van der Waals surface area (Å²) in [7, 11) is 1.18. The van der Waals surface area contributed by atoms with Gasteiger partial charge in [0.05, 0.1) is 6.42 Å². The summed E-state index contributed by atoms with van der Waals surface area (Å²) >= 11 is 0. The lowest BCUT2D eigenvalue weighted by atomic mass is 10.00. The van der Waals surface area contributed by atoms with Gasteiger partial charge in [-0.15, -0.1) is 0 Å². The number of carboxylic acid groups (broad SMARTS) is 1. The fourth-order valence-electron chi connectivity index (χ4n) is 1.02. The highest BCUT2D eigenvalue weighted by atomic mass is 19.4. The molecule has 0 aromatic rings. The average molecular weight is 270 g/mol. The van der Waals surface area contributed by atoms with Crippen LogP contribution in [0.15, 0.2) is 0 Å². The fraction of sp³-hybridized carbons (Fsp3) is 0.800. The number of halogens is 3. The van der Waals surface area contributed by atoms with E-state index in [0.29, 0.717) is 0 Å². The number of carbonyl (C=O) groups excluding carboxylic acids is 1. The van der Waals surface area contributed by atoms with Crippen LogP contribution in [0.4, 0.5) is 18.0 Å². The Balaban J connectivity index is 4.44. The molecule has 0 aliphatic rings. The van der Waals surface area contributed by atoms with Crippen molar-refractivity contribution in [2.45, 2.75) is 38.4 Å². The summed E-state index contributed by atoms with van der Waals surface area (Å²) in [6, 6.07) is -0.842. The number of alkyl halides is 3. The number of hydrogen-bond acceptors (Lipinski definition) is 2. The van der Waals surface area contributed by atoms with Crippen molar-refractivity contribution in [2.24, 2.45) is 0 Å². The molecule has 2 N–H and O–H groups in total. The molecule has 0 fully saturated rings. The second-order valence-electron chi connectivity index (χ2n) is 4.21. The van der Waals surface area contributed by atoms with E-state index in [1.54, 1.807) is 6.92 Å². The van der Waals surface area contributed by atoms with Gasteiger partial charge in [-0.3, -0.25) is 0 Å². The van der Waals surface area contributed by atoms with E-state index in [1.165, 1.54) is 14.0 Å². The van der Waals surface area contributed by atoms with Crippen molar-refractivity contribution in [3.8, 4) is 0 Å². The van der Waals surface area contributed by atoms with E-state index in [1.807, 2.05) is 0 Å². The van der Waals surface area contributed by atoms with Crippen LogP contribution in [0.25, 0.3) is 0 Å². The summed E-state index contributed by atoms with van der Waals surface area (Å²) in [6.07, 6.45) is -5.36. The number of carboxylic acids is 1. The standard InChI is InChI=1S/C10H17F3N2O3/c1-4-9(2,7(16)17)14-8(18)15(3)6-5-10(11,12)13/h4-6H2,1-3H3,(H,14,18)(H,16,17). The maximum Gasteiger partial charge on any atom is 0.390 e. The van der Waals surface area contributed by atoms with Gasteiger partial charge in [-0.25, -0.2) is 9.59 Å². The highest BCUT2D eigenvalue weighted by Crippen LogP contribution is 2.19. The summed E-state index contributed by atoms with van der Waals surface area (Å²) in [5, 5.41) is 11.1. The molecule has 5 nitrogen and oxygen atoms in total. The van der Waals surface area contributed by atoms with Crippen molar-refractivity contribution in [3.63, 3.8) is 0 Å². The number of amides is 2. The van der Waals surface area contributed by atoms with Gasteiger partial charge in [0.1, 0.15) is 5.54 Å². The van der Waals surface area contributed by atoms with Crippen LogP contribution in [0.2, 0.25) is 0 Å². The molecular formula is C10H17F3N2O3. The van der Waals surface area contributed by atoms with Crippen molar-refractivity contribution in [1.29, 1.82) is 0 Å². The molecule has 0 radical (unpaired) electrons. The molecular weight excluding hydrogens is 253 g/mol. The number of nitrogens with one attached hydrogen (secondary N) is 1. The largest absolute Gasteiger partial charge is 0.480 e.